The molecule has 2 heterocycles. The maximum absolute atomic E-state index is 12.2. The molecule has 1 fully saturated rings. The van der Waals surface area contributed by atoms with Gasteiger partial charge in [-0.25, -0.2) is 4.98 Å². The molecule has 1 aromatic heterocycles. The molecule has 2 aromatic rings. The van der Waals surface area contributed by atoms with Crippen LogP contribution in [-0.2, 0) is 9.59 Å². The average molecular weight is 301 g/mol. The molecule has 6 heteroatoms. The highest BCUT2D eigenvalue weighted by Gasteiger charge is 2.35. The van der Waals surface area contributed by atoms with Crippen LogP contribution < -0.4 is 10.2 Å². The summed E-state index contributed by atoms with van der Waals surface area (Å²) in [6.07, 6.45) is 1.96. The van der Waals surface area contributed by atoms with Crippen LogP contribution in [0.15, 0.2) is 36.5 Å². The molecular weight excluding hydrogens is 286 g/mol. The first-order valence-corrected chi connectivity index (χ1v) is 7.54. The Labute approximate surface area is 126 Å². The van der Waals surface area contributed by atoms with Crippen LogP contribution in [-0.4, -0.2) is 23.3 Å². The number of rotatable bonds is 3. The van der Waals surface area contributed by atoms with Crippen molar-refractivity contribution in [2.75, 3.05) is 16.8 Å². The van der Waals surface area contributed by atoms with Crippen LogP contribution in [0.5, 0.6) is 0 Å². The summed E-state index contributed by atoms with van der Waals surface area (Å²) in [5.74, 6) is -0.491. The molecule has 0 radical (unpaired) electrons. The van der Waals surface area contributed by atoms with Crippen molar-refractivity contribution >= 4 is 34.0 Å². The standard InChI is InChI=1S/C15H15N3O2S/c1-10-8-16-15(21-10)17-14(20)11-7-13(19)18(9-11)12-5-3-2-4-6-12/h2-6,8,11H,7,9H2,1H3,(H,16,17,20)/t11-/m1/s1. The first-order chi connectivity index (χ1) is 10.1. The molecule has 5 nitrogen and oxygen atoms in total. The van der Waals surface area contributed by atoms with Gasteiger partial charge in [0.1, 0.15) is 0 Å². The molecule has 1 aliphatic rings. The smallest absolute Gasteiger partial charge is 0.231 e. The second-order valence-corrected chi connectivity index (χ2v) is 6.24. The van der Waals surface area contributed by atoms with Gasteiger partial charge in [0.25, 0.3) is 0 Å². The lowest BCUT2D eigenvalue weighted by Crippen LogP contribution is -2.28. The summed E-state index contributed by atoms with van der Waals surface area (Å²) >= 11 is 1.43. The minimum Gasteiger partial charge on any atom is -0.312 e. The third-order valence-corrected chi connectivity index (χ3v) is 4.24. The van der Waals surface area contributed by atoms with E-state index in [4.69, 9.17) is 0 Å². The molecule has 21 heavy (non-hydrogen) atoms. The summed E-state index contributed by atoms with van der Waals surface area (Å²) < 4.78 is 0. The summed E-state index contributed by atoms with van der Waals surface area (Å²) in [6.45, 7) is 2.35. The number of hydrogen-bond acceptors (Lipinski definition) is 4. The summed E-state index contributed by atoms with van der Waals surface area (Å²) in [4.78, 5) is 31.1. The van der Waals surface area contributed by atoms with Gasteiger partial charge in [-0.15, -0.1) is 11.3 Å². The SMILES string of the molecule is Cc1cnc(NC(=O)[C@@H]2CC(=O)N(c3ccccc3)C2)s1. The summed E-state index contributed by atoms with van der Waals surface area (Å²) in [6, 6.07) is 9.42. The van der Waals surface area contributed by atoms with Crippen LogP contribution in [0.2, 0.25) is 0 Å². The molecule has 1 saturated heterocycles. The van der Waals surface area contributed by atoms with Gasteiger partial charge in [-0.1, -0.05) is 18.2 Å². The summed E-state index contributed by atoms with van der Waals surface area (Å²) in [5, 5.41) is 3.37. The van der Waals surface area contributed by atoms with Gasteiger partial charge < -0.3 is 10.2 Å². The predicted molar refractivity (Wildman–Crippen MR) is 82.4 cm³/mol. The monoisotopic (exact) mass is 301 g/mol. The Kier molecular flexibility index (Phi) is 3.70. The Morgan fingerprint density at radius 3 is 2.81 bits per heavy atom. The van der Waals surface area contributed by atoms with Gasteiger partial charge in [-0.05, 0) is 19.1 Å². The van der Waals surface area contributed by atoms with E-state index in [1.165, 1.54) is 11.3 Å². The number of carbonyl (C=O) groups excluding carboxylic acids is 2. The van der Waals surface area contributed by atoms with Crippen LogP contribution in [0.4, 0.5) is 10.8 Å². The van der Waals surface area contributed by atoms with Crippen molar-refractivity contribution in [3.8, 4) is 0 Å². The van der Waals surface area contributed by atoms with Crippen LogP contribution >= 0.6 is 11.3 Å². The van der Waals surface area contributed by atoms with E-state index in [1.54, 1.807) is 11.1 Å². The van der Waals surface area contributed by atoms with Crippen molar-refractivity contribution < 1.29 is 9.59 Å². The number of aryl methyl sites for hydroxylation is 1. The van der Waals surface area contributed by atoms with Crippen molar-refractivity contribution in [3.63, 3.8) is 0 Å². The lowest BCUT2D eigenvalue weighted by Gasteiger charge is -2.16. The second kappa shape index (κ2) is 5.65. The molecule has 2 amide bonds. The maximum atomic E-state index is 12.2. The van der Waals surface area contributed by atoms with Gasteiger partial charge >= 0.3 is 0 Å². The van der Waals surface area contributed by atoms with Crippen LogP contribution in [0, 0.1) is 12.8 Å². The first kappa shape index (κ1) is 13.8. The number of hydrogen-bond donors (Lipinski definition) is 1. The zero-order valence-electron chi connectivity index (χ0n) is 11.6. The average Bonchev–Trinajstić information content (AvgIpc) is 3.06. The van der Waals surface area contributed by atoms with E-state index in [0.29, 0.717) is 11.7 Å². The van der Waals surface area contributed by atoms with Crippen LogP contribution in [0.25, 0.3) is 0 Å². The zero-order valence-corrected chi connectivity index (χ0v) is 12.4. The first-order valence-electron chi connectivity index (χ1n) is 6.72. The van der Waals surface area contributed by atoms with E-state index in [9.17, 15) is 9.59 Å². The van der Waals surface area contributed by atoms with Crippen molar-refractivity contribution in [2.45, 2.75) is 13.3 Å². The molecule has 1 aliphatic heterocycles. The molecule has 0 saturated carbocycles. The molecule has 3 rings (SSSR count). The highest BCUT2D eigenvalue weighted by molar-refractivity contribution is 7.15. The van der Waals surface area contributed by atoms with E-state index < -0.39 is 0 Å². The summed E-state index contributed by atoms with van der Waals surface area (Å²) in [5.41, 5.74) is 0.836. The fraction of sp³-hybridized carbons (Fsp3) is 0.267. The van der Waals surface area contributed by atoms with Crippen molar-refractivity contribution in [3.05, 3.63) is 41.4 Å². The third kappa shape index (κ3) is 2.95. The van der Waals surface area contributed by atoms with Gasteiger partial charge in [0.15, 0.2) is 5.13 Å². The van der Waals surface area contributed by atoms with Gasteiger partial charge in [-0.2, -0.15) is 0 Å². The highest BCUT2D eigenvalue weighted by Crippen LogP contribution is 2.26. The number of aromatic nitrogens is 1. The minimum absolute atomic E-state index is 0.0170. The number of amides is 2. The Balaban J connectivity index is 1.68. The number of thiazole rings is 1. The number of benzene rings is 1. The van der Waals surface area contributed by atoms with Crippen LogP contribution in [0.3, 0.4) is 0 Å². The fourth-order valence-electron chi connectivity index (χ4n) is 2.36. The number of carbonyl (C=O) groups is 2. The number of para-hydroxylation sites is 1. The molecular formula is C15H15N3O2S. The molecule has 0 bridgehead atoms. The fourth-order valence-corrected chi connectivity index (χ4v) is 3.03. The topological polar surface area (TPSA) is 62.3 Å². The van der Waals surface area contributed by atoms with Crippen molar-refractivity contribution in [2.24, 2.45) is 5.92 Å². The molecule has 0 spiro atoms. The van der Waals surface area contributed by atoms with Crippen molar-refractivity contribution in [1.29, 1.82) is 0 Å². The predicted octanol–water partition coefficient (Wildman–Crippen LogP) is 2.44. The van der Waals surface area contributed by atoms with Gasteiger partial charge in [0, 0.05) is 29.7 Å². The zero-order chi connectivity index (χ0) is 14.8. The van der Waals surface area contributed by atoms with E-state index in [2.05, 4.69) is 10.3 Å². The highest BCUT2D eigenvalue weighted by atomic mass is 32.1. The second-order valence-electron chi connectivity index (χ2n) is 5.01. The van der Waals surface area contributed by atoms with Gasteiger partial charge in [0.2, 0.25) is 11.8 Å². The Bertz CT molecular complexity index is 669. The lowest BCUT2D eigenvalue weighted by molar-refractivity contribution is -0.122. The normalized spacial score (nSPS) is 18.0. The Morgan fingerprint density at radius 1 is 1.38 bits per heavy atom. The molecule has 1 atom stereocenters. The number of anilines is 2. The van der Waals surface area contributed by atoms with E-state index >= 15 is 0 Å². The maximum Gasteiger partial charge on any atom is 0.231 e. The summed E-state index contributed by atoms with van der Waals surface area (Å²) in [7, 11) is 0. The quantitative estimate of drug-likeness (QED) is 0.947. The van der Waals surface area contributed by atoms with E-state index in [0.717, 1.165) is 10.6 Å². The van der Waals surface area contributed by atoms with Crippen LogP contribution in [0.1, 0.15) is 11.3 Å². The number of nitrogens with zero attached hydrogens (tertiary/aromatic N) is 2. The molecule has 0 aliphatic carbocycles. The van der Waals surface area contributed by atoms with Gasteiger partial charge in [-0.3, -0.25) is 9.59 Å². The Hall–Kier alpha value is -2.21. The minimum atomic E-state index is -0.332. The lowest BCUT2D eigenvalue weighted by atomic mass is 10.1. The van der Waals surface area contributed by atoms with Crippen molar-refractivity contribution in [1.82, 2.24) is 4.98 Å². The molecule has 1 aromatic carbocycles. The molecule has 108 valence electrons. The van der Waals surface area contributed by atoms with E-state index in [-0.39, 0.29) is 24.2 Å². The third-order valence-electron chi connectivity index (χ3n) is 3.42. The number of nitrogens with one attached hydrogen (secondary N) is 1. The largest absolute Gasteiger partial charge is 0.312 e. The van der Waals surface area contributed by atoms with E-state index in [1.807, 2.05) is 37.3 Å². The molecule has 1 N–H and O–H groups in total. The Morgan fingerprint density at radius 2 is 2.14 bits per heavy atom. The van der Waals surface area contributed by atoms with Gasteiger partial charge in [0.05, 0.1) is 5.92 Å². The molecule has 0 unspecified atom stereocenters.